The molecule has 22 heavy (non-hydrogen) atoms. The summed E-state index contributed by atoms with van der Waals surface area (Å²) in [6.45, 7) is 0.0140. The van der Waals surface area contributed by atoms with Crippen LogP contribution in [0.1, 0.15) is 5.69 Å². The van der Waals surface area contributed by atoms with Gasteiger partial charge in [0.05, 0.1) is 22.8 Å². The molecule has 0 saturated carbocycles. The topological polar surface area (TPSA) is 97.4 Å². The molecule has 1 amide bonds. The van der Waals surface area contributed by atoms with Gasteiger partial charge >= 0.3 is 0 Å². The third-order valence-electron chi connectivity index (χ3n) is 3.06. The van der Waals surface area contributed by atoms with Gasteiger partial charge in [-0.3, -0.25) is 9.78 Å². The van der Waals surface area contributed by atoms with Crippen molar-refractivity contribution >= 4 is 21.6 Å². The number of amides is 1. The molecule has 1 aromatic heterocycles. The lowest BCUT2D eigenvalue weighted by Crippen LogP contribution is -2.27. The normalized spacial score (nSPS) is 13.9. The zero-order valence-corrected chi connectivity index (χ0v) is 12.3. The molecular formula is C14H13N3O4S. The Kier molecular flexibility index (Phi) is 3.78. The van der Waals surface area contributed by atoms with E-state index in [2.05, 4.69) is 15.0 Å². The molecule has 0 radical (unpaired) electrons. The predicted molar refractivity (Wildman–Crippen MR) is 78.8 cm³/mol. The van der Waals surface area contributed by atoms with Gasteiger partial charge in [-0.25, -0.2) is 13.1 Å². The van der Waals surface area contributed by atoms with Gasteiger partial charge in [-0.15, -0.1) is 0 Å². The van der Waals surface area contributed by atoms with E-state index in [1.165, 1.54) is 18.2 Å². The van der Waals surface area contributed by atoms with Crippen LogP contribution in [0, 0.1) is 0 Å². The molecule has 1 aliphatic rings. The van der Waals surface area contributed by atoms with Gasteiger partial charge in [0.15, 0.2) is 6.61 Å². The summed E-state index contributed by atoms with van der Waals surface area (Å²) in [7, 11) is -3.71. The van der Waals surface area contributed by atoms with Crippen molar-refractivity contribution in [3.8, 4) is 5.75 Å². The molecule has 0 unspecified atom stereocenters. The molecule has 2 aromatic rings. The molecule has 1 aromatic carbocycles. The van der Waals surface area contributed by atoms with Crippen molar-refractivity contribution in [1.29, 1.82) is 0 Å². The molecule has 7 nitrogen and oxygen atoms in total. The van der Waals surface area contributed by atoms with Crippen LogP contribution in [0.15, 0.2) is 47.5 Å². The van der Waals surface area contributed by atoms with Crippen LogP contribution < -0.4 is 14.8 Å². The second-order valence-electron chi connectivity index (χ2n) is 4.64. The first-order valence-electron chi connectivity index (χ1n) is 6.51. The monoisotopic (exact) mass is 319 g/mol. The SMILES string of the molecule is O=C1COc2ccc(S(=O)(=O)NCc3ccccn3)cc2N1. The number of anilines is 1. The van der Waals surface area contributed by atoms with Gasteiger partial charge in [-0.2, -0.15) is 0 Å². The van der Waals surface area contributed by atoms with Gasteiger partial charge in [0.1, 0.15) is 5.75 Å². The standard InChI is InChI=1S/C14H13N3O4S/c18-14-9-21-13-5-4-11(7-12(13)17-14)22(19,20)16-8-10-3-1-2-6-15-10/h1-7,16H,8-9H2,(H,17,18). The van der Waals surface area contributed by atoms with Crippen LogP contribution in [0.4, 0.5) is 5.69 Å². The lowest BCUT2D eigenvalue weighted by molar-refractivity contribution is -0.118. The fourth-order valence-electron chi connectivity index (χ4n) is 1.98. The number of pyridine rings is 1. The van der Waals surface area contributed by atoms with E-state index >= 15 is 0 Å². The number of sulfonamides is 1. The van der Waals surface area contributed by atoms with E-state index in [4.69, 9.17) is 4.74 Å². The number of nitrogens with zero attached hydrogens (tertiary/aromatic N) is 1. The fraction of sp³-hybridized carbons (Fsp3) is 0.143. The lowest BCUT2D eigenvalue weighted by atomic mass is 10.2. The minimum Gasteiger partial charge on any atom is -0.482 e. The Bertz CT molecular complexity index is 806. The molecule has 114 valence electrons. The first kappa shape index (κ1) is 14.5. The minimum atomic E-state index is -3.71. The smallest absolute Gasteiger partial charge is 0.262 e. The van der Waals surface area contributed by atoms with Crippen LogP contribution in [-0.2, 0) is 21.4 Å². The van der Waals surface area contributed by atoms with Crippen LogP contribution in [0.25, 0.3) is 0 Å². The average Bonchev–Trinajstić information content (AvgIpc) is 2.53. The van der Waals surface area contributed by atoms with Crippen molar-refractivity contribution in [2.45, 2.75) is 11.4 Å². The number of ether oxygens (including phenoxy) is 1. The van der Waals surface area contributed by atoms with E-state index in [0.29, 0.717) is 17.1 Å². The van der Waals surface area contributed by atoms with Crippen LogP contribution >= 0.6 is 0 Å². The molecular weight excluding hydrogens is 306 g/mol. The second-order valence-corrected chi connectivity index (χ2v) is 6.41. The molecule has 3 rings (SSSR count). The molecule has 1 aliphatic heterocycles. The van der Waals surface area contributed by atoms with Crippen molar-refractivity contribution in [3.05, 3.63) is 48.3 Å². The largest absolute Gasteiger partial charge is 0.482 e. The Labute approximate surface area is 127 Å². The highest BCUT2D eigenvalue weighted by Gasteiger charge is 2.20. The number of benzene rings is 1. The van der Waals surface area contributed by atoms with Gasteiger partial charge in [0.25, 0.3) is 5.91 Å². The highest BCUT2D eigenvalue weighted by atomic mass is 32.2. The number of hydrogen-bond acceptors (Lipinski definition) is 5. The summed E-state index contributed by atoms with van der Waals surface area (Å²) in [5.74, 6) is 0.131. The number of nitrogens with one attached hydrogen (secondary N) is 2. The zero-order chi connectivity index (χ0) is 15.6. The maximum absolute atomic E-state index is 12.3. The zero-order valence-electron chi connectivity index (χ0n) is 11.4. The summed E-state index contributed by atoms with van der Waals surface area (Å²) >= 11 is 0. The van der Waals surface area contributed by atoms with Crippen molar-refractivity contribution in [3.63, 3.8) is 0 Å². The van der Waals surface area contributed by atoms with Crippen LogP contribution in [0.3, 0.4) is 0 Å². The molecule has 8 heteroatoms. The van der Waals surface area contributed by atoms with E-state index in [9.17, 15) is 13.2 Å². The van der Waals surface area contributed by atoms with Crippen LogP contribution in [-0.4, -0.2) is 25.9 Å². The van der Waals surface area contributed by atoms with Gasteiger partial charge in [0.2, 0.25) is 10.0 Å². The highest BCUT2D eigenvalue weighted by molar-refractivity contribution is 7.89. The van der Waals surface area contributed by atoms with Gasteiger partial charge in [-0.1, -0.05) is 6.07 Å². The Morgan fingerprint density at radius 2 is 2.14 bits per heavy atom. The molecule has 0 bridgehead atoms. The maximum atomic E-state index is 12.3. The third-order valence-corrected chi connectivity index (χ3v) is 4.46. The Hall–Kier alpha value is -2.45. The van der Waals surface area contributed by atoms with Gasteiger partial charge in [-0.05, 0) is 30.3 Å². The molecule has 0 atom stereocenters. The number of carbonyl (C=O) groups is 1. The molecule has 2 heterocycles. The quantitative estimate of drug-likeness (QED) is 0.872. The summed E-state index contributed by atoms with van der Waals surface area (Å²) in [6, 6.07) is 9.57. The minimum absolute atomic E-state index is 0.0491. The molecule has 0 saturated heterocycles. The molecule has 0 aliphatic carbocycles. The fourth-order valence-corrected chi connectivity index (χ4v) is 3.01. The number of aromatic nitrogens is 1. The lowest BCUT2D eigenvalue weighted by Gasteiger charge is -2.18. The average molecular weight is 319 g/mol. The van der Waals surface area contributed by atoms with Crippen molar-refractivity contribution < 1.29 is 17.9 Å². The van der Waals surface area contributed by atoms with Crippen molar-refractivity contribution in [1.82, 2.24) is 9.71 Å². The maximum Gasteiger partial charge on any atom is 0.262 e. The van der Waals surface area contributed by atoms with E-state index in [0.717, 1.165) is 0 Å². The van der Waals surface area contributed by atoms with Crippen LogP contribution in [0.5, 0.6) is 5.75 Å². The summed E-state index contributed by atoms with van der Waals surface area (Å²) in [5, 5.41) is 2.58. The Balaban J connectivity index is 1.80. The summed E-state index contributed by atoms with van der Waals surface area (Å²) in [5.41, 5.74) is 0.956. The second kappa shape index (κ2) is 5.74. The van der Waals surface area contributed by atoms with E-state index < -0.39 is 10.0 Å². The van der Waals surface area contributed by atoms with E-state index in [1.807, 2.05) is 0 Å². The molecule has 0 fully saturated rings. The summed E-state index contributed by atoms with van der Waals surface area (Å²) < 4.78 is 32.2. The highest BCUT2D eigenvalue weighted by Crippen LogP contribution is 2.29. The third kappa shape index (κ3) is 3.07. The molecule has 2 N–H and O–H groups in total. The van der Waals surface area contributed by atoms with E-state index in [-0.39, 0.29) is 24.0 Å². The van der Waals surface area contributed by atoms with E-state index in [1.54, 1.807) is 24.4 Å². The summed E-state index contributed by atoms with van der Waals surface area (Å²) in [4.78, 5) is 15.4. The first-order chi connectivity index (χ1) is 10.5. The van der Waals surface area contributed by atoms with Crippen molar-refractivity contribution in [2.75, 3.05) is 11.9 Å². The first-order valence-corrected chi connectivity index (χ1v) is 7.99. The predicted octanol–water partition coefficient (Wildman–Crippen LogP) is 0.891. The van der Waals surface area contributed by atoms with Crippen LogP contribution in [0.2, 0.25) is 0 Å². The Morgan fingerprint density at radius 1 is 1.27 bits per heavy atom. The number of hydrogen-bond donors (Lipinski definition) is 2. The number of carbonyl (C=O) groups excluding carboxylic acids is 1. The van der Waals surface area contributed by atoms with Gasteiger partial charge < -0.3 is 10.1 Å². The van der Waals surface area contributed by atoms with Gasteiger partial charge in [0, 0.05) is 6.20 Å². The van der Waals surface area contributed by atoms with Crippen molar-refractivity contribution in [2.24, 2.45) is 0 Å². The number of rotatable bonds is 4. The number of fused-ring (bicyclic) bond motifs is 1. The Morgan fingerprint density at radius 3 is 2.91 bits per heavy atom. The summed E-state index contributed by atoms with van der Waals surface area (Å²) in [6.07, 6.45) is 1.59. The molecule has 0 spiro atoms.